The Morgan fingerprint density at radius 2 is 1.77 bits per heavy atom. The topological polar surface area (TPSA) is 102 Å². The number of urea groups is 1. The van der Waals surface area contributed by atoms with Crippen molar-refractivity contribution < 1.29 is 9.53 Å². The Morgan fingerprint density at radius 1 is 1.03 bits per heavy atom. The number of aryl methyl sites for hydroxylation is 1. The number of amides is 2. The molecule has 9 nitrogen and oxygen atoms in total. The largest absolute Gasteiger partial charge is 0.381 e. The van der Waals surface area contributed by atoms with E-state index in [0.29, 0.717) is 17.8 Å². The van der Waals surface area contributed by atoms with E-state index in [1.807, 2.05) is 49.4 Å². The van der Waals surface area contributed by atoms with Gasteiger partial charge in [-0.2, -0.15) is 0 Å². The summed E-state index contributed by atoms with van der Waals surface area (Å²) in [6.45, 7) is 8.86. The molecule has 5 rings (SSSR count). The molecule has 2 heterocycles. The van der Waals surface area contributed by atoms with Crippen molar-refractivity contribution in [3.05, 3.63) is 77.9 Å². The number of carbonyl (C=O) groups is 1. The smallest absolute Gasteiger partial charge is 0.323 e. The summed E-state index contributed by atoms with van der Waals surface area (Å²) in [7, 11) is 0. The molecule has 0 unspecified atom stereocenters. The Labute approximate surface area is 230 Å². The highest BCUT2D eigenvalue weighted by Gasteiger charge is 2.26. The standard InChI is InChI=1S/C30H37N7O2/c1-20(2)19-37(24-14-16-39-17-15-24)28-13-10-22(25-6-4-5-7-26(25)29-33-35-36-34-29)18-27(28)32-30(38)31-23-11-8-21(3)9-12-23/h4-13,18,20,24,35-36H,14-17,19H2,1-3H3,(H,33,34)(H2,31,32,38). The van der Waals surface area contributed by atoms with Crippen LogP contribution in [0.25, 0.3) is 11.1 Å². The van der Waals surface area contributed by atoms with Gasteiger partial charge in [-0.15, -0.1) is 10.6 Å². The van der Waals surface area contributed by atoms with Crippen LogP contribution >= 0.6 is 0 Å². The normalized spacial score (nSPS) is 15.3. The molecule has 3 aromatic rings. The molecule has 0 bridgehead atoms. The number of hydrazone groups is 1. The molecule has 3 aromatic carbocycles. The number of carbonyl (C=O) groups excluding carboxylic acids is 1. The van der Waals surface area contributed by atoms with Crippen molar-refractivity contribution in [3.63, 3.8) is 0 Å². The molecular formula is C30H37N7O2. The number of rotatable bonds is 8. The molecule has 1 fully saturated rings. The lowest BCUT2D eigenvalue weighted by Crippen LogP contribution is -2.42. The second kappa shape index (κ2) is 12.2. The van der Waals surface area contributed by atoms with Crippen molar-refractivity contribution in [2.75, 3.05) is 35.3 Å². The Morgan fingerprint density at radius 3 is 2.46 bits per heavy atom. The predicted octanol–water partition coefficient (Wildman–Crippen LogP) is 5.22. The Bertz CT molecular complexity index is 1320. The van der Waals surface area contributed by atoms with Crippen LogP contribution in [0.4, 0.5) is 21.9 Å². The number of anilines is 3. The fourth-order valence-corrected chi connectivity index (χ4v) is 5.08. The summed E-state index contributed by atoms with van der Waals surface area (Å²) in [5.74, 6) is 1.15. The third-order valence-electron chi connectivity index (χ3n) is 6.95. The fourth-order valence-electron chi connectivity index (χ4n) is 5.08. The zero-order valence-corrected chi connectivity index (χ0v) is 22.8. The fraction of sp³-hybridized carbons (Fsp3) is 0.333. The average Bonchev–Trinajstić information content (AvgIpc) is 3.49. The highest BCUT2D eigenvalue weighted by Crippen LogP contribution is 2.36. The van der Waals surface area contributed by atoms with E-state index in [1.54, 1.807) is 0 Å². The molecular weight excluding hydrogens is 490 g/mol. The predicted molar refractivity (Wildman–Crippen MR) is 158 cm³/mol. The molecule has 204 valence electrons. The number of amidine groups is 1. The van der Waals surface area contributed by atoms with Crippen LogP contribution in [0, 0.1) is 12.8 Å². The first kappa shape index (κ1) is 26.5. The third-order valence-corrected chi connectivity index (χ3v) is 6.95. The summed E-state index contributed by atoms with van der Waals surface area (Å²) < 4.78 is 5.67. The van der Waals surface area contributed by atoms with E-state index >= 15 is 0 Å². The lowest BCUT2D eigenvalue weighted by molar-refractivity contribution is 0.0839. The first-order chi connectivity index (χ1) is 19.0. The first-order valence-corrected chi connectivity index (χ1v) is 13.5. The maximum atomic E-state index is 13.3. The van der Waals surface area contributed by atoms with E-state index in [4.69, 9.17) is 4.74 Å². The molecule has 0 atom stereocenters. The lowest BCUT2D eigenvalue weighted by atomic mass is 9.97. The Balaban J connectivity index is 1.53. The van der Waals surface area contributed by atoms with Crippen LogP contribution < -0.4 is 32.0 Å². The molecule has 0 saturated carbocycles. The van der Waals surface area contributed by atoms with Crippen molar-refractivity contribution in [3.8, 4) is 11.1 Å². The SMILES string of the molecule is Cc1ccc(NC(=O)Nc2cc(-c3ccccc3C3=NNNN3)ccc2N(CC(C)C)C2CCOCC2)cc1. The molecule has 5 N–H and O–H groups in total. The van der Waals surface area contributed by atoms with Gasteiger partial charge in [-0.1, -0.05) is 61.9 Å². The van der Waals surface area contributed by atoms with Gasteiger partial charge in [-0.05, 0) is 61.1 Å². The van der Waals surface area contributed by atoms with E-state index in [9.17, 15) is 4.79 Å². The van der Waals surface area contributed by atoms with Crippen molar-refractivity contribution in [2.45, 2.75) is 39.7 Å². The Kier molecular flexibility index (Phi) is 8.29. The quantitative estimate of drug-likeness (QED) is 0.275. The summed E-state index contributed by atoms with van der Waals surface area (Å²) >= 11 is 0. The number of nitrogens with zero attached hydrogens (tertiary/aromatic N) is 2. The van der Waals surface area contributed by atoms with Gasteiger partial charge >= 0.3 is 6.03 Å². The van der Waals surface area contributed by atoms with Gasteiger partial charge in [-0.25, -0.2) is 10.3 Å². The monoisotopic (exact) mass is 527 g/mol. The molecule has 0 aliphatic carbocycles. The van der Waals surface area contributed by atoms with Gasteiger partial charge in [0, 0.05) is 37.1 Å². The van der Waals surface area contributed by atoms with Gasteiger partial charge < -0.3 is 20.3 Å². The zero-order valence-electron chi connectivity index (χ0n) is 22.8. The third kappa shape index (κ3) is 6.50. The average molecular weight is 528 g/mol. The van der Waals surface area contributed by atoms with Crippen LogP contribution in [0.3, 0.4) is 0 Å². The van der Waals surface area contributed by atoms with E-state index in [1.165, 1.54) is 0 Å². The molecule has 1 saturated heterocycles. The van der Waals surface area contributed by atoms with E-state index in [0.717, 1.165) is 71.9 Å². The molecule has 2 aliphatic heterocycles. The Hall–Kier alpha value is -4.08. The van der Waals surface area contributed by atoms with Gasteiger partial charge in [0.15, 0.2) is 5.84 Å². The number of hydrazine groups is 2. The van der Waals surface area contributed by atoms with Crippen LogP contribution in [-0.4, -0.2) is 37.7 Å². The van der Waals surface area contributed by atoms with Gasteiger partial charge in [0.2, 0.25) is 0 Å². The summed E-state index contributed by atoms with van der Waals surface area (Å²) in [5, 5.41) is 10.5. The number of hydrogen-bond donors (Lipinski definition) is 5. The number of benzene rings is 3. The molecule has 39 heavy (non-hydrogen) atoms. The van der Waals surface area contributed by atoms with E-state index in [2.05, 4.69) is 75.2 Å². The van der Waals surface area contributed by atoms with Crippen molar-refractivity contribution >= 4 is 28.9 Å². The van der Waals surface area contributed by atoms with Gasteiger partial charge in [0.25, 0.3) is 0 Å². The van der Waals surface area contributed by atoms with Crippen LogP contribution in [-0.2, 0) is 4.74 Å². The van der Waals surface area contributed by atoms with Crippen molar-refractivity contribution in [1.82, 2.24) is 16.5 Å². The summed E-state index contributed by atoms with van der Waals surface area (Å²) in [5.41, 5.74) is 15.2. The number of nitrogens with one attached hydrogen (secondary N) is 5. The van der Waals surface area contributed by atoms with Crippen LogP contribution in [0.15, 0.2) is 71.8 Å². The molecule has 0 spiro atoms. The number of ether oxygens (including phenoxy) is 1. The van der Waals surface area contributed by atoms with Crippen LogP contribution in [0.1, 0.15) is 37.8 Å². The highest BCUT2D eigenvalue weighted by atomic mass is 16.5. The van der Waals surface area contributed by atoms with Crippen molar-refractivity contribution in [2.24, 2.45) is 11.0 Å². The maximum Gasteiger partial charge on any atom is 0.323 e. The summed E-state index contributed by atoms with van der Waals surface area (Å²) in [6, 6.07) is 22.2. The summed E-state index contributed by atoms with van der Waals surface area (Å²) in [4.78, 5) is 15.7. The molecule has 0 radical (unpaired) electrons. The van der Waals surface area contributed by atoms with Gasteiger partial charge in [0.05, 0.1) is 11.4 Å². The molecule has 9 heteroatoms. The second-order valence-corrected chi connectivity index (χ2v) is 10.4. The minimum Gasteiger partial charge on any atom is -0.381 e. The van der Waals surface area contributed by atoms with Gasteiger partial charge in [-0.3, -0.25) is 5.43 Å². The van der Waals surface area contributed by atoms with Gasteiger partial charge in [0.1, 0.15) is 0 Å². The zero-order chi connectivity index (χ0) is 27.2. The summed E-state index contributed by atoms with van der Waals surface area (Å²) in [6.07, 6.45) is 1.91. The molecule has 2 amide bonds. The second-order valence-electron chi connectivity index (χ2n) is 10.4. The van der Waals surface area contributed by atoms with Crippen LogP contribution in [0.2, 0.25) is 0 Å². The first-order valence-electron chi connectivity index (χ1n) is 13.5. The minimum atomic E-state index is -0.280. The molecule has 0 aromatic heterocycles. The van der Waals surface area contributed by atoms with E-state index < -0.39 is 0 Å². The van der Waals surface area contributed by atoms with E-state index in [-0.39, 0.29) is 6.03 Å². The highest BCUT2D eigenvalue weighted by molar-refractivity contribution is 6.06. The maximum absolute atomic E-state index is 13.3. The molecule has 2 aliphatic rings. The minimum absolute atomic E-state index is 0.280. The van der Waals surface area contributed by atoms with Crippen LogP contribution in [0.5, 0.6) is 0 Å². The lowest BCUT2D eigenvalue weighted by Gasteiger charge is -2.38. The van der Waals surface area contributed by atoms with Crippen molar-refractivity contribution in [1.29, 1.82) is 0 Å². The number of hydrogen-bond acceptors (Lipinski definition) is 7.